The fourth-order valence-corrected chi connectivity index (χ4v) is 4.36. The molecular weight excluding hydrogens is 383 g/mol. The van der Waals surface area contributed by atoms with Crippen molar-refractivity contribution in [2.24, 2.45) is 5.41 Å². The monoisotopic (exact) mass is 408 g/mol. The number of nitrogens with zero attached hydrogens (tertiary/aromatic N) is 1. The molecule has 5 nitrogen and oxygen atoms in total. The molecule has 0 unspecified atom stereocenters. The summed E-state index contributed by atoms with van der Waals surface area (Å²) in [6, 6.07) is 4.42. The average Bonchev–Trinajstić information content (AvgIpc) is 2.29. The van der Waals surface area contributed by atoms with Crippen molar-refractivity contribution in [3.8, 4) is 0 Å². The van der Waals surface area contributed by atoms with Crippen molar-refractivity contribution in [2.45, 2.75) is 46.6 Å². The van der Waals surface area contributed by atoms with Gasteiger partial charge in [0.1, 0.15) is 6.54 Å². The zero-order valence-corrected chi connectivity index (χ0v) is 17.8. The zero-order valence-electron chi connectivity index (χ0n) is 15.5. The highest BCUT2D eigenvalue weighted by Gasteiger charge is 2.29. The zero-order chi connectivity index (χ0) is 19.6. The molecule has 8 heteroatoms. The first kappa shape index (κ1) is 22.1. The van der Waals surface area contributed by atoms with Gasteiger partial charge in [0.25, 0.3) is 0 Å². The molecule has 0 saturated heterocycles. The second-order valence-electron chi connectivity index (χ2n) is 8.07. The smallest absolute Gasteiger partial charge is 0.241 e. The van der Waals surface area contributed by atoms with Gasteiger partial charge in [0.15, 0.2) is 0 Å². The van der Waals surface area contributed by atoms with E-state index in [0.29, 0.717) is 10.0 Å². The molecule has 0 saturated carbocycles. The van der Waals surface area contributed by atoms with Gasteiger partial charge in [-0.1, -0.05) is 44.0 Å². The first-order valence-corrected chi connectivity index (χ1v) is 10.4. The van der Waals surface area contributed by atoms with Gasteiger partial charge in [0, 0.05) is 15.6 Å². The van der Waals surface area contributed by atoms with Gasteiger partial charge in [0.2, 0.25) is 15.9 Å². The summed E-state index contributed by atoms with van der Waals surface area (Å²) in [7, 11) is -3.68. The summed E-state index contributed by atoms with van der Waals surface area (Å²) in [5.41, 5.74) is -0.193. The van der Waals surface area contributed by atoms with E-state index in [2.05, 4.69) is 26.1 Å². The normalized spacial score (nSPS) is 12.8. The Balaban J connectivity index is 3.02. The number of nitrogens with one attached hydrogen (secondary N) is 1. The fraction of sp³-hybridized carbons (Fsp3) is 0.588. The molecule has 1 aromatic carbocycles. The minimum atomic E-state index is -3.68. The summed E-state index contributed by atoms with van der Waals surface area (Å²) < 4.78 is 25.3. The highest BCUT2D eigenvalue weighted by atomic mass is 35.5. The molecular formula is C17H26Cl2N2O3S. The van der Waals surface area contributed by atoms with Crippen LogP contribution >= 0.6 is 23.2 Å². The van der Waals surface area contributed by atoms with Crippen LogP contribution in [0.25, 0.3) is 0 Å². The van der Waals surface area contributed by atoms with E-state index in [1.165, 1.54) is 18.2 Å². The third kappa shape index (κ3) is 7.84. The van der Waals surface area contributed by atoms with Crippen molar-refractivity contribution in [3.05, 3.63) is 28.2 Å². The standard InChI is InChI=1S/C17H26Cl2N2O3S/c1-16(2,3)11-17(4,5)20-15(22)10-21(25(6,23)24)14-8-12(18)7-13(19)9-14/h7-9H,10-11H2,1-6H3,(H,20,22). The second-order valence-corrected chi connectivity index (χ2v) is 10.8. The van der Waals surface area contributed by atoms with Crippen LogP contribution in [0.4, 0.5) is 5.69 Å². The number of benzene rings is 1. The summed E-state index contributed by atoms with van der Waals surface area (Å²) in [6.45, 7) is 9.73. The molecule has 0 aliphatic rings. The highest BCUT2D eigenvalue weighted by Crippen LogP contribution is 2.28. The number of sulfonamides is 1. The molecule has 0 bridgehead atoms. The Morgan fingerprint density at radius 2 is 1.56 bits per heavy atom. The van der Waals surface area contributed by atoms with Crippen molar-refractivity contribution in [3.63, 3.8) is 0 Å². The number of hydrogen-bond donors (Lipinski definition) is 1. The van der Waals surface area contributed by atoms with Crippen molar-refractivity contribution in [1.29, 1.82) is 0 Å². The van der Waals surface area contributed by atoms with Crippen molar-refractivity contribution < 1.29 is 13.2 Å². The van der Waals surface area contributed by atoms with E-state index in [0.717, 1.165) is 17.0 Å². The first-order valence-electron chi connectivity index (χ1n) is 7.84. The predicted molar refractivity (Wildman–Crippen MR) is 105 cm³/mol. The SMILES string of the molecule is CC(C)(C)CC(C)(C)NC(=O)CN(c1cc(Cl)cc(Cl)c1)S(C)(=O)=O. The van der Waals surface area contributed by atoms with Crippen molar-refractivity contribution in [2.75, 3.05) is 17.1 Å². The Hall–Kier alpha value is -0.980. The molecule has 0 aliphatic carbocycles. The van der Waals surface area contributed by atoms with E-state index in [1.807, 2.05) is 13.8 Å². The Labute approximate surface area is 160 Å². The Bertz CT molecular complexity index is 721. The van der Waals surface area contributed by atoms with Crippen LogP contribution in [0.1, 0.15) is 41.0 Å². The van der Waals surface area contributed by atoms with E-state index in [4.69, 9.17) is 23.2 Å². The Morgan fingerprint density at radius 3 is 1.96 bits per heavy atom. The summed E-state index contributed by atoms with van der Waals surface area (Å²) in [5, 5.41) is 3.50. The van der Waals surface area contributed by atoms with E-state index in [1.54, 1.807) is 0 Å². The maximum Gasteiger partial charge on any atom is 0.241 e. The van der Waals surface area contributed by atoms with E-state index < -0.39 is 21.5 Å². The van der Waals surface area contributed by atoms with E-state index in [9.17, 15) is 13.2 Å². The number of rotatable bonds is 6. The Kier molecular flexibility index (Phi) is 6.81. The van der Waals surface area contributed by atoms with Crippen LogP contribution in [-0.4, -0.2) is 32.7 Å². The van der Waals surface area contributed by atoms with Gasteiger partial charge in [-0.05, 0) is 43.9 Å². The lowest BCUT2D eigenvalue weighted by Crippen LogP contribution is -2.50. The number of carbonyl (C=O) groups excluding carboxylic acids is 1. The van der Waals surface area contributed by atoms with Gasteiger partial charge in [-0.2, -0.15) is 0 Å². The van der Waals surface area contributed by atoms with Gasteiger partial charge in [-0.15, -0.1) is 0 Å². The maximum absolute atomic E-state index is 12.5. The lowest BCUT2D eigenvalue weighted by molar-refractivity contribution is -0.121. The fourth-order valence-electron chi connectivity index (χ4n) is 3.00. The molecule has 0 aliphatic heterocycles. The highest BCUT2D eigenvalue weighted by molar-refractivity contribution is 7.92. The molecule has 1 N–H and O–H groups in total. The number of halogens is 2. The van der Waals surface area contributed by atoms with Gasteiger partial charge < -0.3 is 5.32 Å². The molecule has 25 heavy (non-hydrogen) atoms. The number of carbonyl (C=O) groups is 1. The summed E-state index contributed by atoms with van der Waals surface area (Å²) in [4.78, 5) is 12.5. The first-order chi connectivity index (χ1) is 11.1. The minimum Gasteiger partial charge on any atom is -0.350 e. The lowest BCUT2D eigenvalue weighted by Gasteiger charge is -2.34. The average molecular weight is 409 g/mol. The molecule has 0 aromatic heterocycles. The van der Waals surface area contributed by atoms with Gasteiger partial charge in [-0.3, -0.25) is 9.10 Å². The largest absolute Gasteiger partial charge is 0.350 e. The van der Waals surface area contributed by atoms with Crippen LogP contribution in [0.3, 0.4) is 0 Å². The molecule has 0 atom stereocenters. The molecule has 0 fully saturated rings. The Morgan fingerprint density at radius 1 is 1.08 bits per heavy atom. The van der Waals surface area contributed by atoms with Crippen LogP contribution < -0.4 is 9.62 Å². The third-order valence-corrected chi connectivity index (χ3v) is 4.85. The molecule has 1 rings (SSSR count). The molecule has 1 aromatic rings. The quantitative estimate of drug-likeness (QED) is 0.770. The van der Waals surface area contributed by atoms with Crippen LogP contribution in [0.15, 0.2) is 18.2 Å². The lowest BCUT2D eigenvalue weighted by atomic mass is 9.82. The van der Waals surface area contributed by atoms with Crippen molar-refractivity contribution in [1.82, 2.24) is 5.32 Å². The summed E-state index contributed by atoms with van der Waals surface area (Å²) >= 11 is 11.9. The van der Waals surface area contributed by atoms with Crippen molar-refractivity contribution >= 4 is 44.8 Å². The van der Waals surface area contributed by atoms with Gasteiger partial charge >= 0.3 is 0 Å². The van der Waals surface area contributed by atoms with E-state index in [-0.39, 0.29) is 17.6 Å². The minimum absolute atomic E-state index is 0.0216. The maximum atomic E-state index is 12.5. The predicted octanol–water partition coefficient (Wildman–Crippen LogP) is 4.09. The molecule has 0 radical (unpaired) electrons. The van der Waals surface area contributed by atoms with Gasteiger partial charge in [0.05, 0.1) is 11.9 Å². The van der Waals surface area contributed by atoms with Crippen LogP contribution in [-0.2, 0) is 14.8 Å². The van der Waals surface area contributed by atoms with Gasteiger partial charge in [-0.25, -0.2) is 8.42 Å². The van der Waals surface area contributed by atoms with Crippen LogP contribution in [0, 0.1) is 5.41 Å². The number of amides is 1. The molecule has 0 spiro atoms. The summed E-state index contributed by atoms with van der Waals surface area (Å²) in [5.74, 6) is -0.393. The third-order valence-electron chi connectivity index (χ3n) is 3.27. The van der Waals surface area contributed by atoms with Crippen LogP contribution in [0.5, 0.6) is 0 Å². The topological polar surface area (TPSA) is 66.5 Å². The second kappa shape index (κ2) is 7.72. The van der Waals surface area contributed by atoms with Crippen LogP contribution in [0.2, 0.25) is 10.0 Å². The summed E-state index contributed by atoms with van der Waals surface area (Å²) in [6.07, 6.45) is 1.78. The number of hydrogen-bond acceptors (Lipinski definition) is 3. The molecule has 0 heterocycles. The molecule has 1 amide bonds. The molecule has 142 valence electrons. The number of anilines is 1. The van der Waals surface area contributed by atoms with E-state index >= 15 is 0 Å².